The molecule has 49 heavy (non-hydrogen) atoms. The molecule has 3 heterocycles. The fraction of sp³-hybridized carbons (Fsp3) is 0.538. The van der Waals surface area contributed by atoms with Crippen molar-refractivity contribution in [3.05, 3.63) is 71.2 Å². The lowest BCUT2D eigenvalue weighted by atomic mass is 9.82. The Morgan fingerprint density at radius 3 is 2.31 bits per heavy atom. The summed E-state index contributed by atoms with van der Waals surface area (Å²) in [4.78, 5) is 22.8. The Morgan fingerprint density at radius 1 is 1.04 bits per heavy atom. The Hall–Kier alpha value is -3.73. The molecule has 9 nitrogen and oxygen atoms in total. The summed E-state index contributed by atoms with van der Waals surface area (Å²) in [5, 5.41) is 14.3. The van der Waals surface area contributed by atoms with Crippen molar-refractivity contribution < 1.29 is 28.5 Å². The Bertz CT molecular complexity index is 1540. The molecule has 1 aromatic heterocycles. The minimum Gasteiger partial charge on any atom is -0.493 e. The van der Waals surface area contributed by atoms with Crippen LogP contribution in [0.15, 0.2) is 48.5 Å². The molecule has 2 saturated heterocycles. The number of halogens is 1. The number of anilines is 2. The third-order valence-corrected chi connectivity index (χ3v) is 9.33. The molecule has 0 unspecified atom stereocenters. The topological polar surface area (TPSA) is 96.4 Å². The van der Waals surface area contributed by atoms with Crippen molar-refractivity contribution in [2.45, 2.75) is 72.5 Å². The molecule has 0 amide bonds. The first kappa shape index (κ1) is 36.5. The third-order valence-electron chi connectivity index (χ3n) is 9.33. The van der Waals surface area contributed by atoms with Gasteiger partial charge in [0.1, 0.15) is 17.4 Å². The van der Waals surface area contributed by atoms with Crippen LogP contribution >= 0.6 is 0 Å². The number of benzene rings is 2. The van der Waals surface area contributed by atoms with Crippen LogP contribution in [0, 0.1) is 18.2 Å². The number of ether oxygens (including phenoxy) is 3. The SMILES string of the molecule is Cc1nc(NCCN2CCOCC2)c(-c2ccc(OCCc3ccc(F)cc3)cc2)c(N2CCC(C)(C)CC2)c1[C@H](OC(C)(C)C)C(=O)O. The van der Waals surface area contributed by atoms with Gasteiger partial charge in [-0.1, -0.05) is 38.1 Å². The number of hydrogen-bond donors (Lipinski definition) is 2. The monoisotopic (exact) mass is 676 g/mol. The van der Waals surface area contributed by atoms with E-state index in [-0.39, 0.29) is 11.2 Å². The zero-order chi connectivity index (χ0) is 35.2. The average molecular weight is 677 g/mol. The second-order valence-corrected chi connectivity index (χ2v) is 14.9. The number of piperidine rings is 1. The Labute approximate surface area is 290 Å². The van der Waals surface area contributed by atoms with Crippen LogP contribution in [0.2, 0.25) is 0 Å². The molecular weight excluding hydrogens is 623 g/mol. The van der Waals surface area contributed by atoms with E-state index in [9.17, 15) is 14.3 Å². The summed E-state index contributed by atoms with van der Waals surface area (Å²) in [5.41, 5.74) is 4.36. The maximum Gasteiger partial charge on any atom is 0.337 e. The first-order valence-electron chi connectivity index (χ1n) is 17.5. The smallest absolute Gasteiger partial charge is 0.337 e. The number of aliphatic carboxylic acids is 1. The number of hydrogen-bond acceptors (Lipinski definition) is 8. The van der Waals surface area contributed by atoms with Gasteiger partial charge < -0.3 is 29.5 Å². The van der Waals surface area contributed by atoms with Crippen molar-refractivity contribution in [2.75, 3.05) is 69.3 Å². The zero-order valence-electron chi connectivity index (χ0n) is 30.0. The molecule has 2 N–H and O–H groups in total. The van der Waals surface area contributed by atoms with Crippen LogP contribution < -0.4 is 15.0 Å². The van der Waals surface area contributed by atoms with E-state index in [4.69, 9.17) is 19.2 Å². The second kappa shape index (κ2) is 15.9. The van der Waals surface area contributed by atoms with E-state index < -0.39 is 17.7 Å². The normalized spacial score (nSPS) is 17.5. The van der Waals surface area contributed by atoms with Gasteiger partial charge >= 0.3 is 5.97 Å². The third kappa shape index (κ3) is 9.93. The fourth-order valence-corrected chi connectivity index (χ4v) is 6.48. The highest BCUT2D eigenvalue weighted by molar-refractivity contribution is 5.92. The van der Waals surface area contributed by atoms with E-state index in [0.717, 1.165) is 87.0 Å². The van der Waals surface area contributed by atoms with Crippen LogP contribution in [0.5, 0.6) is 5.75 Å². The second-order valence-electron chi connectivity index (χ2n) is 14.9. The predicted octanol–water partition coefficient (Wildman–Crippen LogP) is 7.13. The lowest BCUT2D eigenvalue weighted by Gasteiger charge is -2.41. The van der Waals surface area contributed by atoms with Crippen LogP contribution in [-0.2, 0) is 20.7 Å². The molecule has 0 radical (unpaired) electrons. The van der Waals surface area contributed by atoms with Gasteiger partial charge in [0.25, 0.3) is 0 Å². The largest absolute Gasteiger partial charge is 0.493 e. The molecular formula is C39H53FN4O5. The molecule has 2 fully saturated rings. The van der Waals surface area contributed by atoms with Crippen molar-refractivity contribution in [3.63, 3.8) is 0 Å². The summed E-state index contributed by atoms with van der Waals surface area (Å²) in [7, 11) is 0. The summed E-state index contributed by atoms with van der Waals surface area (Å²) in [6.07, 6.45) is 1.41. The number of carboxylic acids is 1. The van der Waals surface area contributed by atoms with E-state index >= 15 is 0 Å². The Kier molecular flexibility index (Phi) is 11.8. The lowest BCUT2D eigenvalue weighted by molar-refractivity contribution is -0.160. The van der Waals surface area contributed by atoms with E-state index in [1.165, 1.54) is 12.1 Å². The maximum absolute atomic E-state index is 13.3. The van der Waals surface area contributed by atoms with Gasteiger partial charge in [0.2, 0.25) is 0 Å². The van der Waals surface area contributed by atoms with E-state index in [2.05, 4.69) is 29.0 Å². The molecule has 5 rings (SSSR count). The number of carboxylic acid groups (broad SMARTS) is 1. The van der Waals surface area contributed by atoms with Crippen molar-refractivity contribution in [1.82, 2.24) is 9.88 Å². The summed E-state index contributed by atoms with van der Waals surface area (Å²) >= 11 is 0. The summed E-state index contributed by atoms with van der Waals surface area (Å²) < 4.78 is 31.2. The molecule has 0 spiro atoms. The molecule has 0 aliphatic carbocycles. The molecule has 266 valence electrons. The number of aromatic nitrogens is 1. The van der Waals surface area contributed by atoms with Gasteiger partial charge in [-0.2, -0.15) is 0 Å². The summed E-state index contributed by atoms with van der Waals surface area (Å²) in [6, 6.07) is 14.4. The number of rotatable bonds is 13. The van der Waals surface area contributed by atoms with E-state index in [1.807, 2.05) is 52.0 Å². The quantitative estimate of drug-likeness (QED) is 0.196. The van der Waals surface area contributed by atoms with Crippen LogP contribution in [0.3, 0.4) is 0 Å². The molecule has 0 bridgehead atoms. The first-order valence-corrected chi connectivity index (χ1v) is 17.5. The molecule has 10 heteroatoms. The molecule has 3 aromatic rings. The molecule has 2 aliphatic heterocycles. The molecule has 2 aliphatic rings. The van der Waals surface area contributed by atoms with Crippen LogP contribution in [0.25, 0.3) is 11.1 Å². The fourth-order valence-electron chi connectivity index (χ4n) is 6.48. The van der Waals surface area contributed by atoms with Crippen molar-refractivity contribution >= 4 is 17.5 Å². The lowest BCUT2D eigenvalue weighted by Crippen LogP contribution is -2.40. The Morgan fingerprint density at radius 2 is 1.69 bits per heavy atom. The number of carbonyl (C=O) groups is 1. The minimum atomic E-state index is -1.20. The van der Waals surface area contributed by atoms with Crippen LogP contribution in [0.1, 0.15) is 70.4 Å². The van der Waals surface area contributed by atoms with Crippen molar-refractivity contribution in [2.24, 2.45) is 5.41 Å². The number of morpholine rings is 1. The first-order chi connectivity index (χ1) is 23.3. The molecule has 1 atom stereocenters. The van der Waals surface area contributed by atoms with E-state index in [1.54, 1.807) is 12.1 Å². The highest BCUT2D eigenvalue weighted by Crippen LogP contribution is 2.46. The number of nitrogens with zero attached hydrogens (tertiary/aromatic N) is 3. The standard InChI is InChI=1S/C39H53FN4O5/c1-27-32(35(37(45)46)49-38(2,3)4)34(44-19-16-39(5,6)17-20-44)33(36(42-27)41-18-21-43-22-25-47-26-23-43)29-9-13-31(14-10-29)48-24-15-28-7-11-30(40)12-8-28/h7-14,35H,15-26H2,1-6H3,(H,41,42)(H,45,46)/t35-/m0/s1. The number of pyridine rings is 1. The van der Waals surface area contributed by atoms with Gasteiger partial charge in [0.15, 0.2) is 6.10 Å². The van der Waals surface area contributed by atoms with Crippen molar-refractivity contribution in [1.29, 1.82) is 0 Å². The highest BCUT2D eigenvalue weighted by Gasteiger charge is 2.37. The van der Waals surface area contributed by atoms with Crippen LogP contribution in [-0.4, -0.2) is 85.6 Å². The predicted molar refractivity (Wildman–Crippen MR) is 192 cm³/mol. The maximum atomic E-state index is 13.3. The van der Waals surface area contributed by atoms with E-state index in [0.29, 0.717) is 36.6 Å². The molecule has 2 aromatic carbocycles. The number of nitrogens with one attached hydrogen (secondary N) is 1. The summed E-state index contributed by atoms with van der Waals surface area (Å²) in [6.45, 7) is 18.9. The van der Waals surface area contributed by atoms with Gasteiger partial charge in [-0.05, 0) is 81.3 Å². The number of aryl methyl sites for hydroxylation is 1. The highest BCUT2D eigenvalue weighted by atomic mass is 19.1. The summed E-state index contributed by atoms with van der Waals surface area (Å²) in [5.74, 6) is 0.145. The average Bonchev–Trinajstić information content (AvgIpc) is 3.05. The van der Waals surface area contributed by atoms with Gasteiger partial charge in [-0.25, -0.2) is 14.2 Å². The van der Waals surface area contributed by atoms with Gasteiger partial charge in [0, 0.05) is 62.5 Å². The zero-order valence-corrected chi connectivity index (χ0v) is 30.0. The van der Waals surface area contributed by atoms with Crippen LogP contribution in [0.4, 0.5) is 15.9 Å². The Balaban J connectivity index is 1.54. The van der Waals surface area contributed by atoms with Gasteiger partial charge in [-0.3, -0.25) is 4.90 Å². The van der Waals surface area contributed by atoms with Gasteiger partial charge in [0.05, 0.1) is 31.1 Å². The van der Waals surface area contributed by atoms with Crippen molar-refractivity contribution in [3.8, 4) is 16.9 Å². The molecule has 0 saturated carbocycles. The van der Waals surface area contributed by atoms with Gasteiger partial charge in [-0.15, -0.1) is 0 Å². The minimum absolute atomic E-state index is 0.194.